The average Bonchev–Trinajstić information content (AvgIpc) is 2.80. The zero-order chi connectivity index (χ0) is 14.0. The van der Waals surface area contributed by atoms with Crippen molar-refractivity contribution in [3.63, 3.8) is 0 Å². The minimum atomic E-state index is -0.0395. The third-order valence-corrected chi connectivity index (χ3v) is 3.57. The topological polar surface area (TPSA) is 54.7 Å². The lowest BCUT2D eigenvalue weighted by molar-refractivity contribution is 0.494. The molecule has 1 aromatic heterocycles. The van der Waals surface area contributed by atoms with Crippen LogP contribution in [0.3, 0.4) is 0 Å². The molecule has 1 aromatic carbocycles. The van der Waals surface area contributed by atoms with Crippen LogP contribution in [-0.4, -0.2) is 9.97 Å². The molecule has 3 N–H and O–H groups in total. The van der Waals surface area contributed by atoms with Crippen molar-refractivity contribution in [1.82, 2.24) is 9.97 Å². The van der Waals surface area contributed by atoms with Gasteiger partial charge in [0.25, 0.3) is 0 Å². The molecule has 1 atom stereocenters. The summed E-state index contributed by atoms with van der Waals surface area (Å²) >= 11 is 0. The fraction of sp³-hybridized carbons (Fsp3) is 0.438. The molecule has 0 fully saturated rings. The standard InChI is InChI=1S/C16H23N3/c1-5-12-6-8-13(9-7-12)15-11(4)18-16(19-15)14(17)10(2)3/h6-10,14H,5,17H2,1-4H3,(H,18,19). The summed E-state index contributed by atoms with van der Waals surface area (Å²) in [6.07, 6.45) is 1.06. The van der Waals surface area contributed by atoms with E-state index in [2.05, 4.69) is 55.0 Å². The molecule has 0 radical (unpaired) electrons. The lowest BCUT2D eigenvalue weighted by atomic mass is 10.1. The van der Waals surface area contributed by atoms with Gasteiger partial charge in [0.05, 0.1) is 11.7 Å². The predicted octanol–water partition coefficient (Wildman–Crippen LogP) is 3.60. The van der Waals surface area contributed by atoms with E-state index in [0.717, 1.165) is 29.2 Å². The third kappa shape index (κ3) is 2.87. The van der Waals surface area contributed by atoms with E-state index in [9.17, 15) is 0 Å². The number of nitrogens with one attached hydrogen (secondary N) is 1. The van der Waals surface area contributed by atoms with E-state index >= 15 is 0 Å². The fourth-order valence-electron chi connectivity index (χ4n) is 2.14. The number of hydrogen-bond acceptors (Lipinski definition) is 2. The van der Waals surface area contributed by atoms with Crippen LogP contribution in [0.2, 0.25) is 0 Å². The normalized spacial score (nSPS) is 12.9. The minimum Gasteiger partial charge on any atom is -0.344 e. The van der Waals surface area contributed by atoms with Crippen molar-refractivity contribution < 1.29 is 0 Å². The summed E-state index contributed by atoms with van der Waals surface area (Å²) in [7, 11) is 0. The Balaban J connectivity index is 2.34. The van der Waals surface area contributed by atoms with Crippen LogP contribution in [0, 0.1) is 12.8 Å². The van der Waals surface area contributed by atoms with E-state index in [0.29, 0.717) is 5.92 Å². The molecule has 102 valence electrons. The lowest BCUT2D eigenvalue weighted by Crippen LogP contribution is -2.18. The minimum absolute atomic E-state index is 0.0395. The van der Waals surface area contributed by atoms with Gasteiger partial charge in [0.1, 0.15) is 5.82 Å². The Bertz CT molecular complexity index is 538. The summed E-state index contributed by atoms with van der Waals surface area (Å²) in [5, 5.41) is 0. The van der Waals surface area contributed by atoms with E-state index in [4.69, 9.17) is 5.73 Å². The lowest BCUT2D eigenvalue weighted by Gasteiger charge is -2.11. The summed E-state index contributed by atoms with van der Waals surface area (Å²) in [5.74, 6) is 1.25. The highest BCUT2D eigenvalue weighted by atomic mass is 15.0. The first-order chi connectivity index (χ1) is 9.02. The van der Waals surface area contributed by atoms with Gasteiger partial charge in [-0.1, -0.05) is 45.0 Å². The SMILES string of the molecule is CCc1ccc(-c2nc(C(N)C(C)C)[nH]c2C)cc1. The number of nitrogens with two attached hydrogens (primary N) is 1. The van der Waals surface area contributed by atoms with E-state index in [1.807, 2.05) is 6.92 Å². The smallest absolute Gasteiger partial charge is 0.124 e. The maximum Gasteiger partial charge on any atom is 0.124 e. The van der Waals surface area contributed by atoms with Crippen LogP contribution in [-0.2, 0) is 6.42 Å². The highest BCUT2D eigenvalue weighted by molar-refractivity contribution is 5.62. The molecule has 0 bridgehead atoms. The van der Waals surface area contributed by atoms with Crippen LogP contribution in [0.1, 0.15) is 43.9 Å². The molecular formula is C16H23N3. The van der Waals surface area contributed by atoms with Crippen molar-refractivity contribution in [2.24, 2.45) is 11.7 Å². The maximum atomic E-state index is 6.15. The fourth-order valence-corrected chi connectivity index (χ4v) is 2.14. The van der Waals surface area contributed by atoms with Crippen molar-refractivity contribution in [1.29, 1.82) is 0 Å². The van der Waals surface area contributed by atoms with Crippen LogP contribution >= 0.6 is 0 Å². The van der Waals surface area contributed by atoms with Crippen LogP contribution in [0.4, 0.5) is 0 Å². The van der Waals surface area contributed by atoms with Gasteiger partial charge in [-0.05, 0) is 24.8 Å². The van der Waals surface area contributed by atoms with Gasteiger partial charge in [-0.3, -0.25) is 0 Å². The molecule has 2 rings (SSSR count). The van der Waals surface area contributed by atoms with Gasteiger partial charge in [-0.15, -0.1) is 0 Å². The summed E-state index contributed by atoms with van der Waals surface area (Å²) in [4.78, 5) is 7.99. The molecule has 19 heavy (non-hydrogen) atoms. The van der Waals surface area contributed by atoms with Crippen LogP contribution < -0.4 is 5.73 Å². The molecular weight excluding hydrogens is 234 g/mol. The van der Waals surface area contributed by atoms with Gasteiger partial charge in [-0.2, -0.15) is 0 Å². The third-order valence-electron chi connectivity index (χ3n) is 3.57. The summed E-state index contributed by atoms with van der Waals surface area (Å²) in [6, 6.07) is 8.54. The molecule has 0 saturated carbocycles. The first-order valence-corrected chi connectivity index (χ1v) is 6.94. The van der Waals surface area contributed by atoms with Crippen LogP contribution in [0.25, 0.3) is 11.3 Å². The second-order valence-electron chi connectivity index (χ2n) is 5.42. The molecule has 2 aromatic rings. The first kappa shape index (κ1) is 13.8. The van der Waals surface area contributed by atoms with Gasteiger partial charge >= 0.3 is 0 Å². The number of aromatic nitrogens is 2. The number of nitrogens with zero attached hydrogens (tertiary/aromatic N) is 1. The van der Waals surface area contributed by atoms with Crippen molar-refractivity contribution >= 4 is 0 Å². The highest BCUT2D eigenvalue weighted by Crippen LogP contribution is 2.25. The zero-order valence-electron chi connectivity index (χ0n) is 12.2. The monoisotopic (exact) mass is 257 g/mol. The van der Waals surface area contributed by atoms with E-state index in [-0.39, 0.29) is 6.04 Å². The van der Waals surface area contributed by atoms with Gasteiger partial charge < -0.3 is 10.7 Å². The molecule has 0 amide bonds. The molecule has 0 saturated heterocycles. The second-order valence-corrected chi connectivity index (χ2v) is 5.42. The number of hydrogen-bond donors (Lipinski definition) is 2. The molecule has 3 heteroatoms. The number of rotatable bonds is 4. The second kappa shape index (κ2) is 5.57. The number of benzene rings is 1. The van der Waals surface area contributed by atoms with Crippen molar-refractivity contribution in [2.75, 3.05) is 0 Å². The quantitative estimate of drug-likeness (QED) is 0.879. The van der Waals surface area contributed by atoms with Gasteiger partial charge in [0, 0.05) is 11.3 Å². The number of imidazole rings is 1. The van der Waals surface area contributed by atoms with E-state index in [1.54, 1.807) is 0 Å². The number of H-pyrrole nitrogens is 1. The molecule has 0 aliphatic heterocycles. The summed E-state index contributed by atoms with van der Waals surface area (Å²) in [6.45, 7) is 8.43. The van der Waals surface area contributed by atoms with Crippen LogP contribution in [0.15, 0.2) is 24.3 Å². The predicted molar refractivity (Wildman–Crippen MR) is 79.9 cm³/mol. The Morgan fingerprint density at radius 1 is 1.21 bits per heavy atom. The molecule has 0 aliphatic rings. The Morgan fingerprint density at radius 2 is 1.84 bits per heavy atom. The Morgan fingerprint density at radius 3 is 2.37 bits per heavy atom. The average molecular weight is 257 g/mol. The molecule has 3 nitrogen and oxygen atoms in total. The van der Waals surface area contributed by atoms with Crippen molar-refractivity contribution in [3.05, 3.63) is 41.3 Å². The van der Waals surface area contributed by atoms with Crippen LogP contribution in [0.5, 0.6) is 0 Å². The first-order valence-electron chi connectivity index (χ1n) is 6.94. The molecule has 0 spiro atoms. The van der Waals surface area contributed by atoms with Gasteiger partial charge in [0.15, 0.2) is 0 Å². The Hall–Kier alpha value is -1.61. The molecule has 0 aliphatic carbocycles. The number of aryl methyl sites for hydroxylation is 2. The van der Waals surface area contributed by atoms with Crippen molar-refractivity contribution in [2.45, 2.75) is 40.2 Å². The largest absolute Gasteiger partial charge is 0.344 e. The molecule has 1 heterocycles. The zero-order valence-corrected chi connectivity index (χ0v) is 12.2. The van der Waals surface area contributed by atoms with Gasteiger partial charge in [0.2, 0.25) is 0 Å². The Kier molecular flexibility index (Phi) is 4.05. The highest BCUT2D eigenvalue weighted by Gasteiger charge is 2.17. The summed E-state index contributed by atoms with van der Waals surface area (Å²) < 4.78 is 0. The summed E-state index contributed by atoms with van der Waals surface area (Å²) in [5.41, 5.74) is 10.7. The Labute approximate surface area is 115 Å². The van der Waals surface area contributed by atoms with E-state index < -0.39 is 0 Å². The van der Waals surface area contributed by atoms with Gasteiger partial charge in [-0.25, -0.2) is 4.98 Å². The number of aromatic amines is 1. The van der Waals surface area contributed by atoms with Crippen molar-refractivity contribution in [3.8, 4) is 11.3 Å². The van der Waals surface area contributed by atoms with E-state index in [1.165, 1.54) is 5.56 Å². The molecule has 1 unspecified atom stereocenters. The maximum absolute atomic E-state index is 6.15.